The highest BCUT2D eigenvalue weighted by molar-refractivity contribution is 7.80. The van der Waals surface area contributed by atoms with Crippen LogP contribution in [0.3, 0.4) is 0 Å². The molecule has 0 aromatic rings. The van der Waals surface area contributed by atoms with Gasteiger partial charge in [0.1, 0.15) is 30.5 Å². The fraction of sp³-hybridized carbons (Fsp3) is 0.804. The molecule has 13 nitrogen and oxygen atoms in total. The molecule has 1 heterocycles. The SMILES string of the molecule is CCCCCC/C=C\CCCCCCCCC(O)C(=O)NC(COC1OC(CO)C(O)C(OS(=O)(=O)O)C1O)C(O)/C=C/CC/C=C/CC/C=C/CCCCCCCCC. The van der Waals surface area contributed by atoms with E-state index in [1.807, 2.05) is 0 Å². The lowest BCUT2D eigenvalue weighted by molar-refractivity contribution is -0.298. The van der Waals surface area contributed by atoms with E-state index >= 15 is 0 Å². The Morgan fingerprint density at radius 1 is 0.667 bits per heavy atom. The molecular weight excluding hydrogens is 791 g/mol. The Labute approximate surface area is 362 Å². The van der Waals surface area contributed by atoms with Crippen LogP contribution in [0.5, 0.6) is 0 Å². The van der Waals surface area contributed by atoms with Crippen molar-refractivity contribution in [3.63, 3.8) is 0 Å². The minimum atomic E-state index is -5.12. The molecule has 0 aromatic heterocycles. The number of aliphatic hydroxyl groups is 5. The fourth-order valence-electron chi connectivity index (χ4n) is 6.96. The Hall–Kier alpha value is -1.98. The van der Waals surface area contributed by atoms with Gasteiger partial charge in [-0.05, 0) is 70.6 Å². The highest BCUT2D eigenvalue weighted by Gasteiger charge is 2.48. The van der Waals surface area contributed by atoms with Gasteiger partial charge in [0.25, 0.3) is 0 Å². The van der Waals surface area contributed by atoms with Crippen LogP contribution in [0.1, 0.15) is 174 Å². The number of allylic oxidation sites excluding steroid dienone is 7. The Balaban J connectivity index is 2.65. The predicted molar refractivity (Wildman–Crippen MR) is 237 cm³/mol. The van der Waals surface area contributed by atoms with Crippen molar-refractivity contribution in [2.75, 3.05) is 13.2 Å². The zero-order valence-corrected chi connectivity index (χ0v) is 37.7. The molecule has 0 radical (unpaired) electrons. The van der Waals surface area contributed by atoms with Crippen molar-refractivity contribution in [2.24, 2.45) is 0 Å². The zero-order chi connectivity index (χ0) is 44.3. The van der Waals surface area contributed by atoms with E-state index in [2.05, 4.69) is 59.8 Å². The normalized spacial score (nSPS) is 21.8. The van der Waals surface area contributed by atoms with Crippen molar-refractivity contribution in [1.29, 1.82) is 0 Å². The van der Waals surface area contributed by atoms with Gasteiger partial charge in [0.2, 0.25) is 5.91 Å². The van der Waals surface area contributed by atoms with Crippen molar-refractivity contribution < 1.29 is 57.0 Å². The topological polar surface area (TPSA) is 212 Å². The Kier molecular flexibility index (Phi) is 34.1. The molecule has 8 unspecified atom stereocenters. The van der Waals surface area contributed by atoms with Crippen molar-refractivity contribution in [1.82, 2.24) is 5.32 Å². The van der Waals surface area contributed by atoms with E-state index in [-0.39, 0.29) is 6.42 Å². The lowest BCUT2D eigenvalue weighted by Gasteiger charge is -2.41. The molecule has 0 bridgehead atoms. The summed E-state index contributed by atoms with van der Waals surface area (Å²) >= 11 is 0. The van der Waals surface area contributed by atoms with Gasteiger partial charge in [0.15, 0.2) is 6.29 Å². The molecule has 8 atom stereocenters. The summed E-state index contributed by atoms with van der Waals surface area (Å²) in [6.45, 7) is 3.16. The molecule has 0 aliphatic carbocycles. The summed E-state index contributed by atoms with van der Waals surface area (Å²) < 4.78 is 47.5. The smallest absolute Gasteiger partial charge is 0.394 e. The van der Waals surface area contributed by atoms with Crippen LogP contribution in [-0.4, -0.2) is 107 Å². The van der Waals surface area contributed by atoms with Gasteiger partial charge in [-0.1, -0.05) is 152 Å². The summed E-state index contributed by atoms with van der Waals surface area (Å²) in [6, 6.07) is -1.15. The van der Waals surface area contributed by atoms with E-state index in [1.54, 1.807) is 6.08 Å². The molecule has 14 heteroatoms. The number of carbonyl (C=O) groups is 1. The third-order valence-electron chi connectivity index (χ3n) is 10.7. The molecule has 1 amide bonds. The average Bonchev–Trinajstić information content (AvgIpc) is 3.22. The first-order valence-electron chi connectivity index (χ1n) is 23.1. The standard InChI is InChI=1S/C46H83NO12S/c1-3-5-7-9-11-13-15-17-19-20-21-23-24-26-28-30-32-34-39(49)38(37-57-46-43(52)44(59-60(54,55)56)42(51)41(36-48)58-46)47-45(53)40(50)35-33-31-29-27-25-22-18-16-14-12-10-8-6-4-2/h14,16,19-20,24,26,32,34,38-44,46,48-52H,3-13,15,17-18,21-23,25,27-31,33,35-37H2,1-2H3,(H,47,53)(H,54,55,56)/b16-14-,20-19+,26-24+,34-32+. The van der Waals surface area contributed by atoms with Gasteiger partial charge < -0.3 is 40.3 Å². The maximum atomic E-state index is 13.1. The fourth-order valence-corrected chi connectivity index (χ4v) is 7.46. The van der Waals surface area contributed by atoms with Crippen LogP contribution in [0.15, 0.2) is 48.6 Å². The van der Waals surface area contributed by atoms with Crippen LogP contribution in [0.4, 0.5) is 0 Å². The van der Waals surface area contributed by atoms with Crippen LogP contribution in [0.25, 0.3) is 0 Å². The average molecular weight is 874 g/mol. The van der Waals surface area contributed by atoms with E-state index in [1.165, 1.54) is 76.7 Å². The van der Waals surface area contributed by atoms with Crippen LogP contribution < -0.4 is 5.32 Å². The second-order valence-electron chi connectivity index (χ2n) is 16.1. The Morgan fingerprint density at radius 2 is 1.12 bits per heavy atom. The Bertz CT molecular complexity index is 1280. The third kappa shape index (κ3) is 28.6. The highest BCUT2D eigenvalue weighted by Crippen LogP contribution is 2.26. The largest absolute Gasteiger partial charge is 0.397 e. The van der Waals surface area contributed by atoms with Gasteiger partial charge in [-0.15, -0.1) is 0 Å². The van der Waals surface area contributed by atoms with E-state index < -0.39 is 78.5 Å². The monoisotopic (exact) mass is 874 g/mol. The van der Waals surface area contributed by atoms with E-state index in [4.69, 9.17) is 9.47 Å². The van der Waals surface area contributed by atoms with Crippen LogP contribution in [0, 0.1) is 0 Å². The summed E-state index contributed by atoms with van der Waals surface area (Å²) in [5, 5.41) is 55.1. The maximum Gasteiger partial charge on any atom is 0.397 e. The molecule has 0 aromatic carbocycles. The molecule has 350 valence electrons. The first kappa shape index (κ1) is 56.0. The first-order valence-corrected chi connectivity index (χ1v) is 24.5. The molecule has 60 heavy (non-hydrogen) atoms. The molecule has 1 rings (SSSR count). The van der Waals surface area contributed by atoms with Gasteiger partial charge in [0, 0.05) is 0 Å². The van der Waals surface area contributed by atoms with Crippen LogP contribution >= 0.6 is 0 Å². The number of rotatable bonds is 38. The molecular formula is C46H83NO12S. The molecule has 1 aliphatic rings. The second kappa shape index (κ2) is 36.5. The van der Waals surface area contributed by atoms with Gasteiger partial charge in [0.05, 0.1) is 25.4 Å². The maximum absolute atomic E-state index is 13.1. The van der Waals surface area contributed by atoms with Crippen molar-refractivity contribution in [3.05, 3.63) is 48.6 Å². The zero-order valence-electron chi connectivity index (χ0n) is 36.9. The van der Waals surface area contributed by atoms with Crippen LogP contribution in [0.2, 0.25) is 0 Å². The number of carbonyl (C=O) groups excluding carboxylic acids is 1. The summed E-state index contributed by atoms with van der Waals surface area (Å²) in [5.74, 6) is -0.724. The van der Waals surface area contributed by atoms with Crippen LogP contribution in [-0.2, 0) is 28.9 Å². The third-order valence-corrected chi connectivity index (χ3v) is 11.1. The van der Waals surface area contributed by atoms with Gasteiger partial charge in [-0.25, -0.2) is 4.18 Å². The Morgan fingerprint density at radius 3 is 1.62 bits per heavy atom. The minimum Gasteiger partial charge on any atom is -0.394 e. The quantitative estimate of drug-likeness (QED) is 0.0180. The van der Waals surface area contributed by atoms with Crippen molar-refractivity contribution in [3.8, 4) is 0 Å². The molecule has 7 N–H and O–H groups in total. The number of hydrogen-bond acceptors (Lipinski definition) is 11. The van der Waals surface area contributed by atoms with Gasteiger partial charge in [-0.2, -0.15) is 8.42 Å². The first-order chi connectivity index (χ1) is 28.9. The van der Waals surface area contributed by atoms with E-state index in [0.717, 1.165) is 70.6 Å². The summed E-state index contributed by atoms with van der Waals surface area (Å²) in [7, 11) is -5.12. The summed E-state index contributed by atoms with van der Waals surface area (Å²) in [4.78, 5) is 13.1. The van der Waals surface area contributed by atoms with E-state index in [9.17, 15) is 43.3 Å². The number of nitrogens with one attached hydrogen (secondary N) is 1. The van der Waals surface area contributed by atoms with Gasteiger partial charge in [-0.3, -0.25) is 9.35 Å². The summed E-state index contributed by atoms with van der Waals surface area (Å²) in [6.07, 6.45) is 31.9. The molecule has 1 saturated heterocycles. The number of unbranched alkanes of at least 4 members (excludes halogenated alkanes) is 19. The number of ether oxygens (including phenoxy) is 2. The van der Waals surface area contributed by atoms with Crippen molar-refractivity contribution in [2.45, 2.75) is 223 Å². The number of aliphatic hydroxyl groups excluding tert-OH is 5. The lowest BCUT2D eigenvalue weighted by atomic mass is 9.99. The number of amides is 1. The predicted octanol–water partition coefficient (Wildman–Crippen LogP) is 7.85. The van der Waals surface area contributed by atoms with Gasteiger partial charge >= 0.3 is 10.4 Å². The molecule has 1 fully saturated rings. The molecule has 0 saturated carbocycles. The van der Waals surface area contributed by atoms with Crippen molar-refractivity contribution >= 4 is 16.3 Å². The molecule has 1 aliphatic heterocycles. The minimum absolute atomic E-state index is 0.225. The van der Waals surface area contributed by atoms with E-state index in [0.29, 0.717) is 12.8 Å². The highest BCUT2D eigenvalue weighted by atomic mass is 32.3. The molecule has 0 spiro atoms. The second-order valence-corrected chi connectivity index (χ2v) is 17.2. The number of hydrogen-bond donors (Lipinski definition) is 7. The lowest BCUT2D eigenvalue weighted by Crippen LogP contribution is -2.61. The summed E-state index contributed by atoms with van der Waals surface area (Å²) in [5.41, 5.74) is 0.